The molecule has 1 atom stereocenters. The molecule has 0 radical (unpaired) electrons. The number of nitrogens with zero attached hydrogens (tertiary/aromatic N) is 2. The van der Waals surface area contributed by atoms with E-state index in [4.69, 9.17) is 17.4 Å². The number of nitrogens with one attached hydrogen (secondary N) is 2. The highest BCUT2D eigenvalue weighted by molar-refractivity contribution is 9.10. The molecule has 1 heterocycles. The van der Waals surface area contributed by atoms with Gasteiger partial charge in [0.05, 0.1) is 10.5 Å². The molecule has 0 aliphatic rings. The summed E-state index contributed by atoms with van der Waals surface area (Å²) in [5.41, 5.74) is 3.41. The lowest BCUT2D eigenvalue weighted by Gasteiger charge is -2.17. The molecule has 0 bridgehead atoms. The molecule has 0 fully saturated rings. The van der Waals surface area contributed by atoms with Crippen molar-refractivity contribution in [1.82, 2.24) is 9.97 Å². The Kier molecular flexibility index (Phi) is 4.57. The van der Waals surface area contributed by atoms with Crippen molar-refractivity contribution in [2.45, 2.75) is 13.0 Å². The molecule has 1 aromatic carbocycles. The predicted molar refractivity (Wildman–Crippen MR) is 81.0 cm³/mol. The first-order chi connectivity index (χ1) is 9.11. The van der Waals surface area contributed by atoms with Gasteiger partial charge in [-0.1, -0.05) is 29.8 Å². The van der Waals surface area contributed by atoms with Gasteiger partial charge in [-0.3, -0.25) is 5.43 Å². The van der Waals surface area contributed by atoms with Crippen LogP contribution in [0.1, 0.15) is 18.5 Å². The van der Waals surface area contributed by atoms with Crippen molar-refractivity contribution >= 4 is 39.3 Å². The quantitative estimate of drug-likeness (QED) is 0.587. The fraction of sp³-hybridized carbons (Fsp3) is 0.167. The van der Waals surface area contributed by atoms with Gasteiger partial charge in [-0.2, -0.15) is 4.98 Å². The maximum Gasteiger partial charge on any atom is 0.239 e. The molecule has 19 heavy (non-hydrogen) atoms. The third-order valence-electron chi connectivity index (χ3n) is 2.60. The van der Waals surface area contributed by atoms with Crippen molar-refractivity contribution in [1.29, 1.82) is 0 Å². The zero-order valence-electron chi connectivity index (χ0n) is 10.2. The van der Waals surface area contributed by atoms with Crippen LogP contribution in [0.2, 0.25) is 5.02 Å². The topological polar surface area (TPSA) is 75.9 Å². The lowest BCUT2D eigenvalue weighted by atomic mass is 10.1. The second-order valence-electron chi connectivity index (χ2n) is 3.92. The smallest absolute Gasteiger partial charge is 0.239 e. The van der Waals surface area contributed by atoms with E-state index in [1.54, 1.807) is 6.20 Å². The third kappa shape index (κ3) is 3.34. The Morgan fingerprint density at radius 2 is 2.11 bits per heavy atom. The lowest BCUT2D eigenvalue weighted by Crippen LogP contribution is -2.14. The number of halogens is 2. The second kappa shape index (κ2) is 6.18. The van der Waals surface area contributed by atoms with Crippen LogP contribution in [-0.4, -0.2) is 9.97 Å². The SMILES string of the molecule is CC(Nc1nc(NN)ncc1Br)c1ccccc1Cl. The summed E-state index contributed by atoms with van der Waals surface area (Å²) in [6.07, 6.45) is 1.63. The first-order valence-corrected chi connectivity index (χ1v) is 6.79. The number of hydrazine groups is 1. The van der Waals surface area contributed by atoms with E-state index in [2.05, 4.69) is 36.6 Å². The summed E-state index contributed by atoms with van der Waals surface area (Å²) in [6, 6.07) is 7.68. The normalized spacial score (nSPS) is 12.0. The lowest BCUT2D eigenvalue weighted by molar-refractivity contribution is 0.870. The van der Waals surface area contributed by atoms with Crippen LogP contribution in [0.25, 0.3) is 0 Å². The molecule has 2 aromatic rings. The molecule has 0 amide bonds. The molecule has 7 heteroatoms. The number of benzene rings is 1. The molecule has 1 aromatic heterocycles. The van der Waals surface area contributed by atoms with E-state index in [9.17, 15) is 0 Å². The molecule has 0 aliphatic carbocycles. The number of nitrogens with two attached hydrogens (primary N) is 1. The Bertz CT molecular complexity index is 578. The summed E-state index contributed by atoms with van der Waals surface area (Å²) in [6.45, 7) is 2.01. The highest BCUT2D eigenvalue weighted by Gasteiger charge is 2.12. The van der Waals surface area contributed by atoms with Gasteiger partial charge < -0.3 is 5.32 Å². The molecule has 0 saturated heterocycles. The maximum atomic E-state index is 6.17. The summed E-state index contributed by atoms with van der Waals surface area (Å²) in [5, 5.41) is 3.98. The molecule has 0 spiro atoms. The van der Waals surface area contributed by atoms with Crippen LogP contribution in [0.3, 0.4) is 0 Å². The third-order valence-corrected chi connectivity index (χ3v) is 3.52. The number of aromatic nitrogens is 2. The summed E-state index contributed by atoms with van der Waals surface area (Å²) >= 11 is 9.56. The number of hydrogen-bond donors (Lipinski definition) is 3. The number of rotatable bonds is 4. The van der Waals surface area contributed by atoms with Gasteiger partial charge in [-0.05, 0) is 34.5 Å². The van der Waals surface area contributed by atoms with E-state index in [0.29, 0.717) is 16.8 Å². The predicted octanol–water partition coefficient (Wildman–Crippen LogP) is 3.35. The van der Waals surface area contributed by atoms with Crippen molar-refractivity contribution < 1.29 is 0 Å². The van der Waals surface area contributed by atoms with Gasteiger partial charge in [0.15, 0.2) is 0 Å². The van der Waals surface area contributed by atoms with Crippen molar-refractivity contribution in [2.24, 2.45) is 5.84 Å². The van der Waals surface area contributed by atoms with Crippen molar-refractivity contribution in [3.63, 3.8) is 0 Å². The minimum atomic E-state index is 0.00512. The van der Waals surface area contributed by atoms with Crippen LogP contribution in [0, 0.1) is 0 Å². The molecule has 2 rings (SSSR count). The van der Waals surface area contributed by atoms with Crippen LogP contribution in [0.15, 0.2) is 34.9 Å². The molecular formula is C12H13BrClN5. The maximum absolute atomic E-state index is 6.17. The Morgan fingerprint density at radius 3 is 2.79 bits per heavy atom. The molecule has 4 N–H and O–H groups in total. The van der Waals surface area contributed by atoms with Gasteiger partial charge in [0.1, 0.15) is 5.82 Å². The van der Waals surface area contributed by atoms with Crippen LogP contribution in [0.4, 0.5) is 11.8 Å². The summed E-state index contributed by atoms with van der Waals surface area (Å²) in [4.78, 5) is 8.23. The molecule has 0 saturated carbocycles. The van der Waals surface area contributed by atoms with Crippen LogP contribution < -0.4 is 16.6 Å². The number of anilines is 2. The van der Waals surface area contributed by atoms with E-state index < -0.39 is 0 Å². The molecule has 1 unspecified atom stereocenters. The van der Waals surface area contributed by atoms with Gasteiger partial charge in [0.25, 0.3) is 0 Å². The largest absolute Gasteiger partial charge is 0.362 e. The zero-order chi connectivity index (χ0) is 13.8. The molecule has 100 valence electrons. The first-order valence-electron chi connectivity index (χ1n) is 5.62. The van der Waals surface area contributed by atoms with Crippen LogP contribution in [-0.2, 0) is 0 Å². The number of hydrogen-bond acceptors (Lipinski definition) is 5. The Hall–Kier alpha value is -1.37. The van der Waals surface area contributed by atoms with Gasteiger partial charge in [0, 0.05) is 11.2 Å². The number of nitrogen functional groups attached to an aromatic ring is 1. The minimum absolute atomic E-state index is 0.00512. The monoisotopic (exact) mass is 341 g/mol. The van der Waals surface area contributed by atoms with Gasteiger partial charge >= 0.3 is 0 Å². The van der Waals surface area contributed by atoms with Gasteiger partial charge in [-0.15, -0.1) is 0 Å². The summed E-state index contributed by atoms with van der Waals surface area (Å²) < 4.78 is 0.755. The molecular weight excluding hydrogens is 330 g/mol. The summed E-state index contributed by atoms with van der Waals surface area (Å²) in [5.74, 6) is 6.29. The van der Waals surface area contributed by atoms with Crippen molar-refractivity contribution in [3.8, 4) is 0 Å². The van der Waals surface area contributed by atoms with E-state index in [0.717, 1.165) is 10.0 Å². The van der Waals surface area contributed by atoms with Gasteiger partial charge in [0.2, 0.25) is 5.95 Å². The highest BCUT2D eigenvalue weighted by Crippen LogP contribution is 2.28. The standard InChI is InChI=1S/C12H13BrClN5/c1-7(8-4-2-3-5-10(8)14)17-11-9(13)6-16-12(18-11)19-15/h2-7H,15H2,1H3,(H2,16,17,18,19). The van der Waals surface area contributed by atoms with E-state index in [1.165, 1.54) is 0 Å². The Labute approximate surface area is 124 Å². The zero-order valence-corrected chi connectivity index (χ0v) is 12.5. The highest BCUT2D eigenvalue weighted by atomic mass is 79.9. The summed E-state index contributed by atoms with van der Waals surface area (Å²) in [7, 11) is 0. The minimum Gasteiger partial charge on any atom is -0.362 e. The first kappa shape index (κ1) is 14.0. The van der Waals surface area contributed by atoms with Crippen LogP contribution in [0.5, 0.6) is 0 Å². The average Bonchev–Trinajstić information content (AvgIpc) is 2.41. The second-order valence-corrected chi connectivity index (χ2v) is 5.18. The molecule has 0 aliphatic heterocycles. The van der Waals surface area contributed by atoms with E-state index in [1.807, 2.05) is 31.2 Å². The van der Waals surface area contributed by atoms with Crippen LogP contribution >= 0.6 is 27.5 Å². The Morgan fingerprint density at radius 1 is 1.37 bits per heavy atom. The van der Waals surface area contributed by atoms with Gasteiger partial charge in [-0.25, -0.2) is 10.8 Å². The fourth-order valence-corrected chi connectivity index (χ4v) is 2.25. The van der Waals surface area contributed by atoms with E-state index in [-0.39, 0.29) is 6.04 Å². The average molecular weight is 343 g/mol. The van der Waals surface area contributed by atoms with E-state index >= 15 is 0 Å². The Balaban J connectivity index is 2.24. The fourth-order valence-electron chi connectivity index (χ4n) is 1.65. The van der Waals surface area contributed by atoms with Crippen molar-refractivity contribution in [3.05, 3.63) is 45.5 Å². The molecule has 5 nitrogen and oxygen atoms in total. The van der Waals surface area contributed by atoms with Crippen molar-refractivity contribution in [2.75, 3.05) is 10.7 Å².